The zero-order valence-corrected chi connectivity index (χ0v) is 34.0. The van der Waals surface area contributed by atoms with Crippen LogP contribution in [0.2, 0.25) is 5.02 Å². The molecule has 4 heterocycles. The fourth-order valence-electron chi connectivity index (χ4n) is 8.43. The van der Waals surface area contributed by atoms with Gasteiger partial charge in [0.15, 0.2) is 5.58 Å². The van der Waals surface area contributed by atoms with Gasteiger partial charge in [-0.2, -0.15) is 0 Å². The number of pyridine rings is 1. The number of amides is 4. The summed E-state index contributed by atoms with van der Waals surface area (Å²) in [6.45, 7) is 10.8. The highest BCUT2D eigenvalue weighted by molar-refractivity contribution is 7.91. The summed E-state index contributed by atoms with van der Waals surface area (Å²) < 4.78 is 40.7. The van der Waals surface area contributed by atoms with Gasteiger partial charge < -0.3 is 24.3 Å². The highest BCUT2D eigenvalue weighted by Gasteiger charge is 2.62. The van der Waals surface area contributed by atoms with E-state index in [1.54, 1.807) is 18.2 Å². The lowest BCUT2D eigenvalue weighted by atomic mass is 9.77. The van der Waals surface area contributed by atoms with Crippen LogP contribution in [0.3, 0.4) is 0 Å². The molecular formula is C42H48ClN5O8S. The molecule has 2 aliphatic heterocycles. The summed E-state index contributed by atoms with van der Waals surface area (Å²) >= 11 is 6.37. The van der Waals surface area contributed by atoms with Crippen molar-refractivity contribution in [2.75, 3.05) is 19.6 Å². The molecule has 8 rings (SSSR count). The van der Waals surface area contributed by atoms with Gasteiger partial charge in [-0.05, 0) is 68.2 Å². The van der Waals surface area contributed by atoms with E-state index in [0.717, 1.165) is 24.6 Å². The van der Waals surface area contributed by atoms with Crippen LogP contribution < -0.4 is 14.8 Å². The first-order chi connectivity index (χ1) is 27.1. The Morgan fingerprint density at radius 2 is 1.79 bits per heavy atom. The largest absolute Gasteiger partial charge is 0.472 e. The average molecular weight is 818 g/mol. The van der Waals surface area contributed by atoms with E-state index >= 15 is 0 Å². The molecular weight excluding hydrogens is 770 g/mol. The SMILES string of the molecule is C=C[C@@H]1C[C@]1(NC(=O)[C@@H]1C[C@@H](Oc2nc3c4cc(Cl)ccc4oc3c3ccccc23)CN1C(=O)C(CC(=O)N1CCCCC1)C(C)(C)C)C(=O)NS(=O)(=O)C1CC1. The first-order valence-corrected chi connectivity index (χ1v) is 21.7. The lowest BCUT2D eigenvalue weighted by Crippen LogP contribution is -2.57. The van der Waals surface area contributed by atoms with Crippen molar-refractivity contribution in [2.24, 2.45) is 17.3 Å². The number of fused-ring (bicyclic) bond motifs is 5. The molecule has 0 bridgehead atoms. The maximum absolute atomic E-state index is 14.9. The van der Waals surface area contributed by atoms with Gasteiger partial charge in [0.25, 0.3) is 5.91 Å². The molecule has 2 aliphatic carbocycles. The number of nitrogens with zero attached hydrogens (tertiary/aromatic N) is 3. The number of sulfonamides is 1. The standard InChI is InChI=1S/C42H48ClN5O8S/c1-5-24-22-42(24,40(52)46-57(53,54)27-14-15-27)45-37(50)32-20-26(23-48(32)39(51)31(41(2,3)4)21-34(49)47-17-9-6-10-18-47)55-38-29-12-8-7-11-28(29)36-35(44-38)30-19-25(43)13-16-33(30)56-36/h5,7-8,11-13,16,19,24,26-27,31-32H,1,6,9-10,14-15,17-18,20-23H2,2-4H3,(H,45,50)(H,46,52)/t24-,26-,31?,32+,42-/m1/s1. The fourth-order valence-corrected chi connectivity index (χ4v) is 9.97. The number of likely N-dealkylation sites (tertiary alicyclic amines) is 2. The number of piperidine rings is 1. The van der Waals surface area contributed by atoms with Crippen LogP contribution >= 0.6 is 11.6 Å². The van der Waals surface area contributed by atoms with Crippen molar-refractivity contribution in [3.05, 3.63) is 60.1 Å². The van der Waals surface area contributed by atoms with Crippen molar-refractivity contribution < 1.29 is 36.7 Å². The van der Waals surface area contributed by atoms with Gasteiger partial charge in [0.05, 0.1) is 17.7 Å². The molecule has 2 N–H and O–H groups in total. The summed E-state index contributed by atoms with van der Waals surface area (Å²) in [7, 11) is -3.90. The first-order valence-electron chi connectivity index (χ1n) is 19.8. The van der Waals surface area contributed by atoms with Gasteiger partial charge in [-0.3, -0.25) is 23.9 Å². The smallest absolute Gasteiger partial charge is 0.259 e. The molecule has 0 spiro atoms. The maximum atomic E-state index is 14.9. The molecule has 13 nitrogen and oxygen atoms in total. The predicted molar refractivity (Wildman–Crippen MR) is 216 cm³/mol. The Bertz CT molecular complexity index is 2420. The Morgan fingerprint density at radius 3 is 2.46 bits per heavy atom. The lowest BCUT2D eigenvalue weighted by molar-refractivity contribution is -0.148. The summed E-state index contributed by atoms with van der Waals surface area (Å²) in [5.74, 6) is -2.95. The summed E-state index contributed by atoms with van der Waals surface area (Å²) in [5.41, 5.74) is -0.488. The number of carbonyl (C=O) groups is 4. The van der Waals surface area contributed by atoms with E-state index in [4.69, 9.17) is 25.7 Å². The van der Waals surface area contributed by atoms with Crippen LogP contribution in [0.15, 0.2) is 59.5 Å². The van der Waals surface area contributed by atoms with Gasteiger partial charge in [0.1, 0.15) is 28.8 Å². The number of hydrogen-bond donors (Lipinski definition) is 2. The maximum Gasteiger partial charge on any atom is 0.259 e. The minimum Gasteiger partial charge on any atom is -0.472 e. The van der Waals surface area contributed by atoms with Gasteiger partial charge in [0.2, 0.25) is 33.6 Å². The molecule has 0 radical (unpaired) electrons. The summed E-state index contributed by atoms with van der Waals surface area (Å²) in [4.78, 5) is 64.9. The van der Waals surface area contributed by atoms with Crippen LogP contribution in [0.1, 0.15) is 72.1 Å². The third-order valence-corrected chi connectivity index (χ3v) is 14.1. The number of ether oxygens (including phenoxy) is 1. The number of hydrogen-bond acceptors (Lipinski definition) is 9. The zero-order valence-electron chi connectivity index (χ0n) is 32.4. The van der Waals surface area contributed by atoms with Crippen molar-refractivity contribution in [1.82, 2.24) is 24.8 Å². The lowest BCUT2D eigenvalue weighted by Gasteiger charge is -2.36. The molecule has 15 heteroatoms. The number of furan rings is 1. The van der Waals surface area contributed by atoms with Crippen LogP contribution in [0, 0.1) is 17.3 Å². The Balaban J connectivity index is 1.13. The Morgan fingerprint density at radius 1 is 1.07 bits per heavy atom. The van der Waals surface area contributed by atoms with E-state index < -0.39 is 62.0 Å². The number of benzene rings is 2. The van der Waals surface area contributed by atoms with Crippen LogP contribution in [-0.2, 0) is 29.2 Å². The van der Waals surface area contributed by atoms with Gasteiger partial charge in [-0.25, -0.2) is 13.4 Å². The molecule has 2 saturated carbocycles. The van der Waals surface area contributed by atoms with Gasteiger partial charge in [0, 0.05) is 53.0 Å². The number of aromatic nitrogens is 1. The van der Waals surface area contributed by atoms with E-state index in [-0.39, 0.29) is 43.5 Å². The molecule has 4 fully saturated rings. The second-order valence-corrected chi connectivity index (χ2v) is 19.5. The highest BCUT2D eigenvalue weighted by atomic mass is 35.5. The van der Waals surface area contributed by atoms with Crippen molar-refractivity contribution in [1.29, 1.82) is 0 Å². The van der Waals surface area contributed by atoms with Crippen molar-refractivity contribution >= 4 is 78.1 Å². The van der Waals surface area contributed by atoms with E-state index in [2.05, 4.69) is 16.6 Å². The molecule has 1 unspecified atom stereocenters. The number of nitrogens with one attached hydrogen (secondary N) is 2. The van der Waals surface area contributed by atoms with Gasteiger partial charge >= 0.3 is 0 Å². The average Bonchev–Trinajstić information content (AvgIpc) is 4.09. The number of rotatable bonds is 11. The molecule has 2 aromatic carbocycles. The molecule has 4 aliphatic rings. The predicted octanol–water partition coefficient (Wildman–Crippen LogP) is 5.87. The topological polar surface area (TPSA) is 168 Å². The van der Waals surface area contributed by atoms with E-state index in [0.29, 0.717) is 58.4 Å². The third kappa shape index (κ3) is 7.46. The van der Waals surface area contributed by atoms with Crippen molar-refractivity contribution in [3.63, 3.8) is 0 Å². The Hall–Kier alpha value is -4.69. The number of carbonyl (C=O) groups excluding carboxylic acids is 4. The van der Waals surface area contributed by atoms with Crippen LogP contribution in [-0.4, -0.2) is 89.4 Å². The second kappa shape index (κ2) is 14.6. The molecule has 2 saturated heterocycles. The quantitative estimate of drug-likeness (QED) is 0.176. The van der Waals surface area contributed by atoms with E-state index in [1.165, 1.54) is 11.0 Å². The molecule has 2 aromatic heterocycles. The van der Waals surface area contributed by atoms with Crippen LogP contribution in [0.25, 0.3) is 32.8 Å². The minimum absolute atomic E-state index is 0.00639. The monoisotopic (exact) mass is 817 g/mol. The fraction of sp³-hybridized carbons (Fsp3) is 0.500. The minimum atomic E-state index is -3.90. The van der Waals surface area contributed by atoms with E-state index in [9.17, 15) is 27.6 Å². The van der Waals surface area contributed by atoms with Crippen molar-refractivity contribution in [2.45, 2.75) is 95.1 Å². The molecule has 57 heavy (non-hydrogen) atoms. The highest BCUT2D eigenvalue weighted by Crippen LogP contribution is 2.46. The second-order valence-electron chi connectivity index (χ2n) is 17.1. The zero-order chi connectivity index (χ0) is 40.4. The van der Waals surface area contributed by atoms with Crippen LogP contribution in [0.4, 0.5) is 0 Å². The summed E-state index contributed by atoms with van der Waals surface area (Å²) in [5, 5.41) is 4.85. The van der Waals surface area contributed by atoms with Crippen molar-refractivity contribution in [3.8, 4) is 5.88 Å². The molecule has 5 atom stereocenters. The molecule has 302 valence electrons. The normalized spacial score (nSPS) is 24.4. The van der Waals surface area contributed by atoms with Crippen LogP contribution in [0.5, 0.6) is 5.88 Å². The summed E-state index contributed by atoms with van der Waals surface area (Å²) in [6.07, 6.45) is 4.76. The Kier molecular flexibility index (Phi) is 10.0. The molecule has 4 amide bonds. The molecule has 4 aromatic rings. The summed E-state index contributed by atoms with van der Waals surface area (Å²) in [6, 6.07) is 11.7. The number of halogens is 1. The van der Waals surface area contributed by atoms with Gasteiger partial charge in [-0.1, -0.05) is 56.6 Å². The van der Waals surface area contributed by atoms with E-state index in [1.807, 2.05) is 49.9 Å². The van der Waals surface area contributed by atoms with Gasteiger partial charge in [-0.15, -0.1) is 6.58 Å². The Labute approximate surface area is 336 Å². The first kappa shape index (κ1) is 39.2. The third-order valence-electron chi connectivity index (χ3n) is 12.0.